The predicted molar refractivity (Wildman–Crippen MR) is 150 cm³/mol. The number of nitrogens with one attached hydrogen (secondary N) is 3. The zero-order chi connectivity index (χ0) is 30.6. The van der Waals surface area contributed by atoms with Gasteiger partial charge in [-0.15, -0.1) is 0 Å². The molecule has 224 valence electrons. The van der Waals surface area contributed by atoms with Crippen molar-refractivity contribution in [3.05, 3.63) is 78.0 Å². The van der Waals surface area contributed by atoms with E-state index in [9.17, 15) is 22.4 Å². The molecule has 14 heteroatoms. The van der Waals surface area contributed by atoms with E-state index in [1.165, 1.54) is 24.7 Å². The Morgan fingerprint density at radius 2 is 1.93 bits per heavy atom. The highest BCUT2D eigenvalue weighted by Crippen LogP contribution is 2.35. The summed E-state index contributed by atoms with van der Waals surface area (Å²) in [6.07, 6.45) is -0.206. The second-order valence-electron chi connectivity index (χ2n) is 10.1. The summed E-state index contributed by atoms with van der Waals surface area (Å²) in [6.45, 7) is 2.84. The number of pyridine rings is 1. The van der Waals surface area contributed by atoms with Crippen molar-refractivity contribution in [3.63, 3.8) is 0 Å². The first-order valence-electron chi connectivity index (χ1n) is 13.2. The van der Waals surface area contributed by atoms with Gasteiger partial charge in [-0.25, -0.2) is 19.3 Å². The topological polar surface area (TPSA) is 123 Å². The first-order chi connectivity index (χ1) is 20.5. The van der Waals surface area contributed by atoms with E-state index in [2.05, 4.69) is 35.9 Å². The Morgan fingerprint density at radius 1 is 1.09 bits per heavy atom. The van der Waals surface area contributed by atoms with Crippen molar-refractivity contribution in [2.24, 2.45) is 0 Å². The quantitative estimate of drug-likeness (QED) is 0.209. The average molecular weight is 598 g/mol. The molecule has 1 amide bonds. The fourth-order valence-electron chi connectivity index (χ4n) is 4.48. The molecule has 0 unspecified atom stereocenters. The Morgan fingerprint density at radius 3 is 2.67 bits per heavy atom. The molecule has 1 aliphatic heterocycles. The van der Waals surface area contributed by atoms with Crippen LogP contribution in [0.2, 0.25) is 0 Å². The van der Waals surface area contributed by atoms with E-state index in [0.717, 1.165) is 43.7 Å². The van der Waals surface area contributed by atoms with Crippen LogP contribution in [0.4, 0.5) is 29.2 Å². The van der Waals surface area contributed by atoms with E-state index in [0.29, 0.717) is 11.5 Å². The number of ether oxygens (including phenoxy) is 2. The lowest BCUT2D eigenvalue weighted by atomic mass is 10.0. The molecule has 3 N–H and O–H groups in total. The molecular weight excluding hydrogens is 570 g/mol. The lowest BCUT2D eigenvalue weighted by Crippen LogP contribution is -2.42. The van der Waals surface area contributed by atoms with Gasteiger partial charge in [0.25, 0.3) is 5.91 Å². The molecule has 0 spiro atoms. The van der Waals surface area contributed by atoms with Crippen LogP contribution in [0.3, 0.4) is 0 Å². The molecule has 1 saturated heterocycles. The molecule has 1 fully saturated rings. The number of alkyl halides is 3. The van der Waals surface area contributed by atoms with Crippen LogP contribution in [0.5, 0.6) is 17.4 Å². The van der Waals surface area contributed by atoms with Crippen molar-refractivity contribution < 1.29 is 31.8 Å². The Kier molecular flexibility index (Phi) is 8.39. The summed E-state index contributed by atoms with van der Waals surface area (Å²) in [5.41, 5.74) is -1.69. The average Bonchev–Trinajstić information content (AvgIpc) is 3.43. The largest absolute Gasteiger partial charge is 0.492 e. The van der Waals surface area contributed by atoms with Gasteiger partial charge < -0.3 is 25.4 Å². The first kappa shape index (κ1) is 29.6. The molecule has 0 radical (unpaired) electrons. The van der Waals surface area contributed by atoms with Crippen LogP contribution in [0, 0.1) is 5.82 Å². The monoisotopic (exact) mass is 597 g/mol. The van der Waals surface area contributed by atoms with Crippen LogP contribution >= 0.6 is 0 Å². The summed E-state index contributed by atoms with van der Waals surface area (Å²) < 4.78 is 67.3. The van der Waals surface area contributed by atoms with E-state index in [-0.39, 0.29) is 41.0 Å². The molecule has 1 atom stereocenters. The molecule has 2 aromatic carbocycles. The van der Waals surface area contributed by atoms with Crippen LogP contribution in [-0.4, -0.2) is 51.6 Å². The first-order valence-corrected chi connectivity index (χ1v) is 13.2. The molecule has 0 saturated carbocycles. The summed E-state index contributed by atoms with van der Waals surface area (Å²) in [7, 11) is 1.65. The Balaban J connectivity index is 1.38. The van der Waals surface area contributed by atoms with E-state index in [1.807, 2.05) is 6.92 Å². The number of aromatic nitrogens is 4. The van der Waals surface area contributed by atoms with Gasteiger partial charge in [-0.3, -0.25) is 4.79 Å². The Hall–Kier alpha value is -4.85. The molecular formula is C29H27F4N7O3. The van der Waals surface area contributed by atoms with Gasteiger partial charge in [-0.1, -0.05) is 0 Å². The number of carbonyl (C=O) groups excluding carboxylic acids is 1. The van der Waals surface area contributed by atoms with E-state index in [1.54, 1.807) is 19.2 Å². The standard InChI is InChI=1S/C29H27F4N7O3/c1-28(8-4-10-38-28)15-42-20-12-17(29(31,32)33)11-18(13-20)39-25(41)22-14-19(6-7-23(22)30)43-26-21(5-3-9-35-26)24-36-16-37-27(34-2)40-24/h3,5-7,9,11-14,16,38H,4,8,10,15H2,1-2H3,(H,39,41)(H,34,36,37,40)/t28-/m0/s1. The fourth-order valence-corrected chi connectivity index (χ4v) is 4.48. The van der Waals surface area contributed by atoms with Gasteiger partial charge in [-0.2, -0.15) is 18.2 Å². The van der Waals surface area contributed by atoms with Crippen molar-refractivity contribution in [2.75, 3.05) is 30.8 Å². The third kappa shape index (κ3) is 7.15. The maximum absolute atomic E-state index is 14.8. The van der Waals surface area contributed by atoms with Crippen molar-refractivity contribution >= 4 is 17.5 Å². The van der Waals surface area contributed by atoms with E-state index >= 15 is 0 Å². The smallest absolute Gasteiger partial charge is 0.416 e. The Labute approximate surface area is 243 Å². The minimum absolute atomic E-state index is 0.0415. The highest BCUT2D eigenvalue weighted by Gasteiger charge is 2.33. The molecule has 10 nitrogen and oxygen atoms in total. The summed E-state index contributed by atoms with van der Waals surface area (Å²) in [4.78, 5) is 29.7. The SMILES string of the molecule is CNc1ncnc(-c2cccnc2Oc2ccc(F)c(C(=O)Nc3cc(OC[C@]4(C)CCCN4)cc(C(F)(F)F)c3)c2)n1. The van der Waals surface area contributed by atoms with Crippen molar-refractivity contribution in [3.8, 4) is 28.8 Å². The van der Waals surface area contributed by atoms with Gasteiger partial charge in [0.05, 0.1) is 16.7 Å². The van der Waals surface area contributed by atoms with Gasteiger partial charge in [-0.05, 0) is 68.8 Å². The number of benzene rings is 2. The molecule has 1 aliphatic rings. The molecule has 0 bridgehead atoms. The van der Waals surface area contributed by atoms with E-state index < -0.39 is 29.0 Å². The number of hydrogen-bond acceptors (Lipinski definition) is 9. The minimum Gasteiger partial charge on any atom is -0.492 e. The summed E-state index contributed by atoms with van der Waals surface area (Å²) >= 11 is 0. The van der Waals surface area contributed by atoms with Crippen LogP contribution in [-0.2, 0) is 6.18 Å². The lowest BCUT2D eigenvalue weighted by Gasteiger charge is -2.25. The maximum atomic E-state index is 14.8. The minimum atomic E-state index is -4.71. The van der Waals surface area contributed by atoms with Crippen LogP contribution < -0.4 is 25.4 Å². The lowest BCUT2D eigenvalue weighted by molar-refractivity contribution is -0.137. The third-order valence-electron chi connectivity index (χ3n) is 6.71. The zero-order valence-electron chi connectivity index (χ0n) is 23.1. The highest BCUT2D eigenvalue weighted by molar-refractivity contribution is 6.04. The van der Waals surface area contributed by atoms with Crippen molar-refractivity contribution in [1.29, 1.82) is 0 Å². The number of rotatable bonds is 9. The number of nitrogens with zero attached hydrogens (tertiary/aromatic N) is 4. The summed E-state index contributed by atoms with van der Waals surface area (Å²) in [5, 5.41) is 8.43. The zero-order valence-corrected chi connectivity index (χ0v) is 23.1. The van der Waals surface area contributed by atoms with Crippen molar-refractivity contribution in [1.82, 2.24) is 25.3 Å². The number of carbonyl (C=O) groups is 1. The van der Waals surface area contributed by atoms with Crippen LogP contribution in [0.15, 0.2) is 61.1 Å². The summed E-state index contributed by atoms with van der Waals surface area (Å²) in [6, 6.07) is 9.59. The van der Waals surface area contributed by atoms with Crippen LogP contribution in [0.25, 0.3) is 11.4 Å². The number of anilines is 2. The van der Waals surface area contributed by atoms with Gasteiger partial charge in [0.15, 0.2) is 5.82 Å². The Bertz CT molecular complexity index is 1630. The second-order valence-corrected chi connectivity index (χ2v) is 10.1. The summed E-state index contributed by atoms with van der Waals surface area (Å²) in [5.74, 6) is -1.31. The highest BCUT2D eigenvalue weighted by atomic mass is 19.4. The third-order valence-corrected chi connectivity index (χ3v) is 6.71. The number of halogens is 4. The van der Waals surface area contributed by atoms with Crippen LogP contribution in [0.1, 0.15) is 35.7 Å². The molecule has 43 heavy (non-hydrogen) atoms. The normalized spacial score (nSPS) is 16.5. The predicted octanol–water partition coefficient (Wildman–Crippen LogP) is 5.70. The molecule has 4 aromatic rings. The van der Waals surface area contributed by atoms with Gasteiger partial charge in [0.2, 0.25) is 11.8 Å². The maximum Gasteiger partial charge on any atom is 0.416 e. The fraction of sp³-hybridized carbons (Fsp3) is 0.276. The van der Waals surface area contributed by atoms with Gasteiger partial charge >= 0.3 is 6.18 Å². The molecule has 5 rings (SSSR count). The van der Waals surface area contributed by atoms with Gasteiger partial charge in [0.1, 0.15) is 30.3 Å². The molecule has 2 aromatic heterocycles. The van der Waals surface area contributed by atoms with Gasteiger partial charge in [0, 0.05) is 30.5 Å². The second kappa shape index (κ2) is 12.2. The number of hydrogen-bond donors (Lipinski definition) is 3. The number of amides is 1. The molecule has 0 aliphatic carbocycles. The molecule has 3 heterocycles. The van der Waals surface area contributed by atoms with Crippen molar-refractivity contribution in [2.45, 2.75) is 31.5 Å². The van der Waals surface area contributed by atoms with E-state index in [4.69, 9.17) is 9.47 Å².